The number of hydrogen-bond donors (Lipinski definition) is 1. The maximum Gasteiger partial charge on any atom is 0.307 e. The van der Waals surface area contributed by atoms with Crippen molar-refractivity contribution < 1.29 is 18.3 Å². The highest BCUT2D eigenvalue weighted by Gasteiger charge is 2.22. The summed E-state index contributed by atoms with van der Waals surface area (Å²) in [6.07, 6.45) is 1.45. The fourth-order valence-corrected chi connectivity index (χ4v) is 1.90. The normalized spacial score (nSPS) is 13.8. The topological polar surface area (TPSA) is 71.4 Å². The third kappa shape index (κ3) is 5.15. The van der Waals surface area contributed by atoms with E-state index in [1.165, 1.54) is 6.08 Å². The molecule has 0 amide bonds. The lowest BCUT2D eigenvalue weighted by atomic mass is 10.1. The quantitative estimate of drug-likeness (QED) is 0.541. The number of allylic oxidation sites excluding steroid dienone is 1. The third-order valence-corrected chi connectivity index (χ3v) is 2.38. The zero-order chi connectivity index (χ0) is 9.78. The standard InChI is InChI=1S/C6H9ClO4S/c1-2-3-5(6(8)9)4-12(7,10)11/h2,5H,1,3-4H2,(H,8,9). The fourth-order valence-electron chi connectivity index (χ4n) is 0.682. The summed E-state index contributed by atoms with van der Waals surface area (Å²) in [7, 11) is 1.14. The molecular formula is C6H9ClO4S. The zero-order valence-electron chi connectivity index (χ0n) is 6.23. The van der Waals surface area contributed by atoms with Gasteiger partial charge in [-0.3, -0.25) is 4.79 Å². The smallest absolute Gasteiger partial charge is 0.307 e. The van der Waals surface area contributed by atoms with Crippen LogP contribution in [0.3, 0.4) is 0 Å². The molecule has 12 heavy (non-hydrogen) atoms. The maximum absolute atomic E-state index is 10.5. The summed E-state index contributed by atoms with van der Waals surface area (Å²) in [5.41, 5.74) is 0. The molecule has 0 aromatic carbocycles. The van der Waals surface area contributed by atoms with Crippen molar-refractivity contribution in [2.45, 2.75) is 6.42 Å². The van der Waals surface area contributed by atoms with E-state index in [2.05, 4.69) is 6.58 Å². The molecule has 1 N–H and O–H groups in total. The minimum absolute atomic E-state index is 0.0985. The first kappa shape index (κ1) is 11.4. The Bertz CT molecular complexity index is 269. The van der Waals surface area contributed by atoms with Crippen LogP contribution in [0, 0.1) is 5.92 Å². The molecule has 0 aliphatic heterocycles. The average molecular weight is 213 g/mol. The van der Waals surface area contributed by atoms with Crippen molar-refractivity contribution in [2.75, 3.05) is 5.75 Å². The van der Waals surface area contributed by atoms with Gasteiger partial charge >= 0.3 is 5.97 Å². The van der Waals surface area contributed by atoms with Gasteiger partial charge in [0, 0.05) is 10.7 Å². The average Bonchev–Trinajstić information content (AvgIpc) is 1.83. The van der Waals surface area contributed by atoms with Crippen LogP contribution in [-0.4, -0.2) is 25.2 Å². The van der Waals surface area contributed by atoms with E-state index in [1.807, 2.05) is 0 Å². The Labute approximate surface area is 75.3 Å². The van der Waals surface area contributed by atoms with Crippen LogP contribution in [0.5, 0.6) is 0 Å². The van der Waals surface area contributed by atoms with E-state index in [4.69, 9.17) is 15.8 Å². The molecule has 0 spiro atoms. The largest absolute Gasteiger partial charge is 0.481 e. The molecule has 0 saturated carbocycles. The van der Waals surface area contributed by atoms with Gasteiger partial charge < -0.3 is 5.11 Å². The number of carboxylic acids is 1. The molecule has 0 bridgehead atoms. The lowest BCUT2D eigenvalue weighted by Gasteiger charge is -2.05. The molecule has 0 fully saturated rings. The number of hydrogen-bond acceptors (Lipinski definition) is 3. The van der Waals surface area contributed by atoms with E-state index in [0.29, 0.717) is 0 Å². The first-order valence-corrected chi connectivity index (χ1v) is 5.60. The van der Waals surface area contributed by atoms with Crippen molar-refractivity contribution in [3.8, 4) is 0 Å². The van der Waals surface area contributed by atoms with Gasteiger partial charge in [0.15, 0.2) is 0 Å². The zero-order valence-corrected chi connectivity index (χ0v) is 7.81. The first-order valence-electron chi connectivity index (χ1n) is 3.13. The minimum Gasteiger partial charge on any atom is -0.481 e. The predicted molar refractivity (Wildman–Crippen MR) is 45.6 cm³/mol. The summed E-state index contributed by atoms with van der Waals surface area (Å²) in [5, 5.41) is 8.50. The Hall–Kier alpha value is -0.550. The van der Waals surface area contributed by atoms with Crippen LogP contribution < -0.4 is 0 Å². The van der Waals surface area contributed by atoms with Gasteiger partial charge in [-0.1, -0.05) is 6.08 Å². The van der Waals surface area contributed by atoms with Gasteiger partial charge in [0.05, 0.1) is 11.7 Å². The van der Waals surface area contributed by atoms with Crippen molar-refractivity contribution in [1.29, 1.82) is 0 Å². The molecule has 0 saturated heterocycles. The summed E-state index contributed by atoms with van der Waals surface area (Å²) < 4.78 is 21.0. The second-order valence-electron chi connectivity index (χ2n) is 2.27. The predicted octanol–water partition coefficient (Wildman–Crippen LogP) is 0.832. The van der Waals surface area contributed by atoms with Crippen LogP contribution in [0.25, 0.3) is 0 Å². The van der Waals surface area contributed by atoms with E-state index < -0.39 is 26.7 Å². The van der Waals surface area contributed by atoms with Crippen molar-refractivity contribution in [2.24, 2.45) is 5.92 Å². The van der Waals surface area contributed by atoms with E-state index in [1.54, 1.807) is 0 Å². The van der Waals surface area contributed by atoms with Crippen LogP contribution in [0.2, 0.25) is 0 Å². The molecule has 1 atom stereocenters. The van der Waals surface area contributed by atoms with Crippen LogP contribution in [0.4, 0.5) is 0 Å². The maximum atomic E-state index is 10.5. The van der Waals surface area contributed by atoms with Crippen molar-refractivity contribution in [1.82, 2.24) is 0 Å². The molecular weight excluding hydrogens is 204 g/mol. The van der Waals surface area contributed by atoms with Crippen LogP contribution in [-0.2, 0) is 13.8 Å². The minimum atomic E-state index is -3.75. The lowest BCUT2D eigenvalue weighted by molar-refractivity contribution is -0.140. The molecule has 0 aromatic heterocycles. The summed E-state index contributed by atoms with van der Waals surface area (Å²) in [4.78, 5) is 10.4. The van der Waals surface area contributed by atoms with Crippen molar-refractivity contribution in [3.05, 3.63) is 12.7 Å². The Morgan fingerprint density at radius 3 is 2.42 bits per heavy atom. The van der Waals surface area contributed by atoms with Gasteiger partial charge in [-0.25, -0.2) is 8.42 Å². The Morgan fingerprint density at radius 1 is 1.67 bits per heavy atom. The van der Waals surface area contributed by atoms with Gasteiger partial charge in [-0.15, -0.1) is 6.58 Å². The van der Waals surface area contributed by atoms with Gasteiger partial charge in [-0.2, -0.15) is 0 Å². The summed E-state index contributed by atoms with van der Waals surface area (Å²) in [6.45, 7) is 3.31. The molecule has 0 aliphatic rings. The van der Waals surface area contributed by atoms with E-state index in [9.17, 15) is 13.2 Å². The van der Waals surface area contributed by atoms with Crippen molar-refractivity contribution >= 4 is 25.7 Å². The van der Waals surface area contributed by atoms with E-state index in [0.717, 1.165) is 0 Å². The van der Waals surface area contributed by atoms with Gasteiger partial charge in [0.25, 0.3) is 0 Å². The molecule has 4 nitrogen and oxygen atoms in total. The van der Waals surface area contributed by atoms with Gasteiger partial charge in [0.1, 0.15) is 0 Å². The van der Waals surface area contributed by atoms with Gasteiger partial charge in [0.2, 0.25) is 9.05 Å². The van der Waals surface area contributed by atoms with E-state index in [-0.39, 0.29) is 6.42 Å². The lowest BCUT2D eigenvalue weighted by Crippen LogP contribution is -2.20. The molecule has 6 heteroatoms. The molecule has 0 aromatic rings. The van der Waals surface area contributed by atoms with Crippen LogP contribution >= 0.6 is 10.7 Å². The summed E-state index contributed by atoms with van der Waals surface area (Å²) in [6, 6.07) is 0. The van der Waals surface area contributed by atoms with Crippen LogP contribution in [0.1, 0.15) is 6.42 Å². The molecule has 0 radical (unpaired) electrons. The molecule has 70 valence electrons. The van der Waals surface area contributed by atoms with Gasteiger partial charge in [-0.05, 0) is 6.42 Å². The van der Waals surface area contributed by atoms with E-state index >= 15 is 0 Å². The number of carbonyl (C=O) groups is 1. The summed E-state index contributed by atoms with van der Waals surface area (Å²) >= 11 is 0. The number of aliphatic carboxylic acids is 1. The highest BCUT2D eigenvalue weighted by molar-refractivity contribution is 8.13. The van der Waals surface area contributed by atoms with Crippen LogP contribution in [0.15, 0.2) is 12.7 Å². The highest BCUT2D eigenvalue weighted by Crippen LogP contribution is 2.10. The Balaban J connectivity index is 4.34. The fraction of sp³-hybridized carbons (Fsp3) is 0.500. The highest BCUT2D eigenvalue weighted by atomic mass is 35.7. The second-order valence-corrected chi connectivity index (χ2v) is 5.09. The molecule has 1 unspecified atom stereocenters. The molecule has 0 heterocycles. The number of carboxylic acid groups (broad SMARTS) is 1. The Morgan fingerprint density at radius 2 is 2.17 bits per heavy atom. The second kappa shape index (κ2) is 4.47. The SMILES string of the molecule is C=CCC(CS(=O)(=O)Cl)C(=O)O. The molecule has 0 rings (SSSR count). The number of halogens is 1. The third-order valence-electron chi connectivity index (χ3n) is 1.20. The molecule has 0 aliphatic carbocycles. The first-order chi connectivity index (χ1) is 5.37. The summed E-state index contributed by atoms with van der Waals surface area (Å²) in [5.74, 6) is -2.74. The Kier molecular flexibility index (Phi) is 4.26. The monoisotopic (exact) mass is 212 g/mol. The number of rotatable bonds is 5. The van der Waals surface area contributed by atoms with Crippen molar-refractivity contribution in [3.63, 3.8) is 0 Å².